The van der Waals surface area contributed by atoms with Crippen LogP contribution in [0.1, 0.15) is 108 Å². The first-order valence-electron chi connectivity index (χ1n) is 21.0. The van der Waals surface area contributed by atoms with Crippen molar-refractivity contribution in [1.82, 2.24) is 30.4 Å². The molecule has 4 heterocycles. The summed E-state index contributed by atoms with van der Waals surface area (Å²) in [7, 11) is 1.53. The molecule has 5 amide bonds. The molecule has 1 aromatic heterocycles. The van der Waals surface area contributed by atoms with Crippen molar-refractivity contribution in [3.63, 3.8) is 0 Å². The molecule has 2 N–H and O–H groups in total. The summed E-state index contributed by atoms with van der Waals surface area (Å²) in [6.45, 7) is 5.84. The van der Waals surface area contributed by atoms with E-state index in [1.54, 1.807) is 48.8 Å². The fourth-order valence-corrected chi connectivity index (χ4v) is 9.08. The zero-order chi connectivity index (χ0) is 41.9. The number of methoxy groups -OCH3 is 1. The van der Waals surface area contributed by atoms with E-state index in [2.05, 4.69) is 43.4 Å². The number of nitrogens with one attached hydrogen (secondary N) is 2. The molecule has 4 fully saturated rings. The zero-order valence-electron chi connectivity index (χ0n) is 33.9. The highest BCUT2D eigenvalue weighted by molar-refractivity contribution is 6.23. The maximum absolute atomic E-state index is 13.2. The smallest absolute Gasteiger partial charge is 0.271 e. The van der Waals surface area contributed by atoms with Crippen LogP contribution in [0.15, 0.2) is 48.8 Å². The molecule has 2 aromatic carbocycles. The molecule has 16 heteroatoms. The van der Waals surface area contributed by atoms with Gasteiger partial charge in [0.1, 0.15) is 47.0 Å². The van der Waals surface area contributed by atoms with Crippen LogP contribution in [-0.2, 0) is 9.59 Å². The normalized spacial score (nSPS) is 24.3. The lowest BCUT2D eigenvalue weighted by atomic mass is 9.86. The molecule has 3 aliphatic heterocycles. The van der Waals surface area contributed by atoms with Gasteiger partial charge in [0.05, 0.1) is 42.3 Å². The maximum Gasteiger partial charge on any atom is 0.271 e. The van der Waals surface area contributed by atoms with Gasteiger partial charge in [0.2, 0.25) is 11.8 Å². The summed E-state index contributed by atoms with van der Waals surface area (Å²) >= 11 is 0. The number of carbonyl (C=O) groups is 5. The minimum absolute atomic E-state index is 0.00723. The van der Waals surface area contributed by atoms with E-state index >= 15 is 0 Å². The number of imide groups is 2. The van der Waals surface area contributed by atoms with Gasteiger partial charge in [-0.05, 0) is 87.7 Å². The summed E-state index contributed by atoms with van der Waals surface area (Å²) in [5.41, 5.74) is 1.21. The summed E-state index contributed by atoms with van der Waals surface area (Å²) in [5.74, 6) is 0.642. The quantitative estimate of drug-likeness (QED) is 0.235. The van der Waals surface area contributed by atoms with Crippen LogP contribution in [0, 0.1) is 17.2 Å². The lowest BCUT2D eigenvalue weighted by Gasteiger charge is -2.44. The average molecular weight is 819 g/mol. The van der Waals surface area contributed by atoms with Crippen molar-refractivity contribution >= 4 is 35.4 Å². The van der Waals surface area contributed by atoms with Crippen molar-refractivity contribution < 1.29 is 38.2 Å². The molecule has 2 saturated heterocycles. The number of piperidine rings is 2. The van der Waals surface area contributed by atoms with Crippen LogP contribution < -0.4 is 29.7 Å². The van der Waals surface area contributed by atoms with Crippen LogP contribution in [0.2, 0.25) is 0 Å². The molecule has 0 radical (unpaired) electrons. The van der Waals surface area contributed by atoms with Crippen LogP contribution in [0.3, 0.4) is 0 Å². The summed E-state index contributed by atoms with van der Waals surface area (Å²) in [5, 5.41) is 14.6. The third kappa shape index (κ3) is 8.63. The number of fused-ring (bicyclic) bond motifs is 1. The van der Waals surface area contributed by atoms with Gasteiger partial charge in [0.25, 0.3) is 17.7 Å². The highest BCUT2D eigenvalue weighted by atomic mass is 16.5. The number of ether oxygens (including phenoxy) is 3. The molecule has 3 aromatic rings. The predicted octanol–water partition coefficient (Wildman–Crippen LogP) is 4.03. The molecule has 314 valence electrons. The lowest BCUT2D eigenvalue weighted by molar-refractivity contribution is -0.136. The number of anilines is 1. The molecule has 0 unspecified atom stereocenters. The number of aromatic nitrogens is 2. The van der Waals surface area contributed by atoms with Gasteiger partial charge in [-0.2, -0.15) is 5.26 Å². The van der Waals surface area contributed by atoms with E-state index in [9.17, 15) is 29.2 Å². The van der Waals surface area contributed by atoms with E-state index in [0.29, 0.717) is 40.5 Å². The maximum atomic E-state index is 13.2. The Morgan fingerprint density at radius 3 is 2.30 bits per heavy atom. The topological polar surface area (TPSA) is 196 Å². The van der Waals surface area contributed by atoms with Gasteiger partial charge in [0, 0.05) is 57.0 Å². The van der Waals surface area contributed by atoms with E-state index in [1.807, 2.05) is 0 Å². The second-order valence-electron chi connectivity index (χ2n) is 16.3. The minimum atomic E-state index is -1.00. The second kappa shape index (κ2) is 17.6. The number of carbonyl (C=O) groups excluding carboxylic acids is 5. The fraction of sp³-hybridized carbons (Fsp3) is 0.500. The Kier molecular flexibility index (Phi) is 12.0. The number of nitriles is 1. The molecule has 1 atom stereocenters. The first kappa shape index (κ1) is 40.7. The van der Waals surface area contributed by atoms with Crippen molar-refractivity contribution in [3.05, 3.63) is 71.2 Å². The SMILES string of the molecule is CCN(CC1CCN(c2cnc(C(=O)NC3CCC(Oc4ccc(C#N)c(OC)c4)CC3)cn2)CC1)C1CC(Oc2ccc3c(c2)C(=O)N([C@@H]2CCC(=O)NC2=O)C3=O)C1. The third-order valence-electron chi connectivity index (χ3n) is 12.6. The Balaban J connectivity index is 0.747. The number of hydrogen-bond acceptors (Lipinski definition) is 13. The molecule has 2 aliphatic carbocycles. The molecule has 2 saturated carbocycles. The highest BCUT2D eigenvalue weighted by Gasteiger charge is 2.45. The van der Waals surface area contributed by atoms with E-state index < -0.39 is 29.7 Å². The zero-order valence-corrected chi connectivity index (χ0v) is 33.9. The van der Waals surface area contributed by atoms with E-state index in [-0.39, 0.29) is 48.1 Å². The minimum Gasteiger partial charge on any atom is -0.495 e. The van der Waals surface area contributed by atoms with Crippen LogP contribution >= 0.6 is 0 Å². The van der Waals surface area contributed by atoms with Gasteiger partial charge in [-0.3, -0.25) is 34.2 Å². The number of nitrogens with zero attached hydrogens (tertiary/aromatic N) is 6. The van der Waals surface area contributed by atoms with Gasteiger partial charge in [-0.1, -0.05) is 6.92 Å². The average Bonchev–Trinajstić information content (AvgIpc) is 3.49. The molecule has 8 rings (SSSR count). The molecular weight excluding hydrogens is 769 g/mol. The summed E-state index contributed by atoms with van der Waals surface area (Å²) < 4.78 is 17.7. The molecule has 16 nitrogen and oxygen atoms in total. The van der Waals surface area contributed by atoms with E-state index in [0.717, 1.165) is 88.3 Å². The fourth-order valence-electron chi connectivity index (χ4n) is 9.08. The molecule has 0 bridgehead atoms. The van der Waals surface area contributed by atoms with Crippen molar-refractivity contribution in [2.75, 3.05) is 38.2 Å². The van der Waals surface area contributed by atoms with Crippen molar-refractivity contribution in [3.8, 4) is 23.3 Å². The Morgan fingerprint density at radius 1 is 0.900 bits per heavy atom. The van der Waals surface area contributed by atoms with Gasteiger partial charge >= 0.3 is 0 Å². The molecule has 0 spiro atoms. The highest BCUT2D eigenvalue weighted by Crippen LogP contribution is 2.35. The third-order valence-corrected chi connectivity index (χ3v) is 12.6. The number of rotatable bonds is 13. The predicted molar refractivity (Wildman–Crippen MR) is 217 cm³/mol. The summed E-state index contributed by atoms with van der Waals surface area (Å²) in [4.78, 5) is 78.2. The van der Waals surface area contributed by atoms with Gasteiger partial charge in [-0.25, -0.2) is 9.97 Å². The monoisotopic (exact) mass is 818 g/mol. The lowest BCUT2D eigenvalue weighted by Crippen LogP contribution is -2.54. The Morgan fingerprint density at radius 2 is 1.62 bits per heavy atom. The van der Waals surface area contributed by atoms with Crippen LogP contribution in [0.4, 0.5) is 5.82 Å². The largest absolute Gasteiger partial charge is 0.495 e. The number of hydrogen-bond donors (Lipinski definition) is 2. The second-order valence-corrected chi connectivity index (χ2v) is 16.3. The summed E-state index contributed by atoms with van der Waals surface area (Å²) in [6.07, 6.45) is 10.4. The van der Waals surface area contributed by atoms with Gasteiger partial charge in [0.15, 0.2) is 0 Å². The van der Waals surface area contributed by atoms with Gasteiger partial charge < -0.3 is 29.3 Å². The standard InChI is InChI=1S/C44H50N8O8/c1-3-50(29-18-33(19-29)60-31-10-11-34-35(20-31)44(57)52(43(34)56)37-12-13-40(53)49-42(37)55)25-26-14-16-51(17-15-26)39-24-46-36(23-47-39)41(54)48-28-5-8-30(9-6-28)59-32-7-4-27(22-45)38(21-32)58-2/h4,7,10-11,20-21,23-24,26,28-30,33,37H,3,5-6,8-9,12-19,25H2,1-2H3,(H,48,54)(H,49,53,55)/t28?,29?,30?,33?,37-/m1/s1. The first-order valence-corrected chi connectivity index (χ1v) is 21.0. The van der Waals surface area contributed by atoms with E-state index in [4.69, 9.17) is 14.2 Å². The summed E-state index contributed by atoms with van der Waals surface area (Å²) in [6, 6.07) is 11.6. The van der Waals surface area contributed by atoms with Crippen LogP contribution in [0.5, 0.6) is 17.2 Å². The van der Waals surface area contributed by atoms with Crippen LogP contribution in [-0.4, -0.2) is 113 Å². The molecule has 5 aliphatic rings. The number of amides is 5. The van der Waals surface area contributed by atoms with Crippen molar-refractivity contribution in [2.45, 2.75) is 101 Å². The van der Waals surface area contributed by atoms with Crippen molar-refractivity contribution in [2.24, 2.45) is 5.92 Å². The first-order chi connectivity index (χ1) is 29.1. The number of benzene rings is 2. The Bertz CT molecular complexity index is 2170. The van der Waals surface area contributed by atoms with Gasteiger partial charge in [-0.15, -0.1) is 0 Å². The van der Waals surface area contributed by atoms with Crippen LogP contribution in [0.25, 0.3) is 0 Å². The van der Waals surface area contributed by atoms with Crippen molar-refractivity contribution in [1.29, 1.82) is 5.26 Å². The molecule has 60 heavy (non-hydrogen) atoms. The Hall–Kier alpha value is -6.08. The Labute approximate surface area is 348 Å². The van der Waals surface area contributed by atoms with E-state index in [1.165, 1.54) is 7.11 Å². The molecular formula is C44H50N8O8.